The summed E-state index contributed by atoms with van der Waals surface area (Å²) in [6.07, 6.45) is 3.13. The number of anilines is 1. The van der Waals surface area contributed by atoms with Gasteiger partial charge in [0.25, 0.3) is 0 Å². The summed E-state index contributed by atoms with van der Waals surface area (Å²) < 4.78 is 27.6. The normalized spacial score (nSPS) is 21.0. The predicted molar refractivity (Wildman–Crippen MR) is 81.8 cm³/mol. The summed E-state index contributed by atoms with van der Waals surface area (Å²) >= 11 is 3.27. The molecule has 0 saturated carbocycles. The molecule has 1 aliphatic heterocycles. The average Bonchev–Trinajstić information content (AvgIpc) is 2.39. The number of hydrogen-bond acceptors (Lipinski definition) is 4. The Kier molecular flexibility index (Phi) is 5.06. The molecule has 0 amide bonds. The number of piperidine rings is 1. The molecule has 0 aromatic heterocycles. The van der Waals surface area contributed by atoms with E-state index < -0.39 is 10.0 Å². The van der Waals surface area contributed by atoms with Crippen molar-refractivity contribution >= 4 is 31.6 Å². The fraction of sp³-hybridized carbons (Fsp3) is 0.538. The molecule has 1 heterocycles. The number of nitrogens with two attached hydrogens (primary N) is 1. The smallest absolute Gasteiger partial charge is 0.244 e. The van der Waals surface area contributed by atoms with Crippen molar-refractivity contribution in [3.63, 3.8) is 0 Å². The van der Waals surface area contributed by atoms with Gasteiger partial charge >= 0.3 is 0 Å². The number of nitrogens with zero attached hydrogens (tertiary/aromatic N) is 1. The lowest BCUT2D eigenvalue weighted by atomic mass is 10.0. The Morgan fingerprint density at radius 2 is 2.15 bits per heavy atom. The highest BCUT2D eigenvalue weighted by Crippen LogP contribution is 2.31. The van der Waals surface area contributed by atoms with Crippen LogP contribution in [-0.2, 0) is 10.0 Å². The summed E-state index contributed by atoms with van der Waals surface area (Å²) in [5.41, 5.74) is 6.17. The summed E-state index contributed by atoms with van der Waals surface area (Å²) in [5.74, 6) is 0. The number of sulfonamides is 1. The van der Waals surface area contributed by atoms with Crippen molar-refractivity contribution in [3.05, 3.63) is 22.7 Å². The first-order valence-electron chi connectivity index (χ1n) is 6.64. The average molecular weight is 363 g/mol. The minimum absolute atomic E-state index is 0.000403. The molecule has 1 atom stereocenters. The largest absolute Gasteiger partial charge is 0.399 e. The van der Waals surface area contributed by atoms with Crippen molar-refractivity contribution in [2.45, 2.75) is 36.6 Å². The zero-order chi connectivity index (χ0) is 14.8. The Balaban J connectivity index is 2.37. The van der Waals surface area contributed by atoms with Gasteiger partial charge in [-0.25, -0.2) is 8.42 Å². The SMILES string of the molecule is Nc1ccc(S(=O)(=O)N2CCCCC2CCO)c(Br)c1. The number of halogens is 1. The first kappa shape index (κ1) is 15.8. The van der Waals surface area contributed by atoms with Crippen LogP contribution >= 0.6 is 15.9 Å². The highest BCUT2D eigenvalue weighted by Gasteiger charge is 2.34. The lowest BCUT2D eigenvalue weighted by molar-refractivity contribution is 0.192. The van der Waals surface area contributed by atoms with Gasteiger partial charge in [0.2, 0.25) is 10.0 Å². The molecule has 1 saturated heterocycles. The van der Waals surface area contributed by atoms with E-state index in [9.17, 15) is 8.42 Å². The van der Waals surface area contributed by atoms with E-state index in [0.29, 0.717) is 23.1 Å². The zero-order valence-corrected chi connectivity index (χ0v) is 13.5. The maximum atomic E-state index is 12.8. The third-order valence-electron chi connectivity index (χ3n) is 3.58. The van der Waals surface area contributed by atoms with E-state index in [2.05, 4.69) is 15.9 Å². The molecule has 5 nitrogen and oxygen atoms in total. The molecular formula is C13H19BrN2O3S. The Morgan fingerprint density at radius 1 is 1.40 bits per heavy atom. The third kappa shape index (κ3) is 3.16. The van der Waals surface area contributed by atoms with Crippen molar-refractivity contribution in [2.24, 2.45) is 0 Å². The Hall–Kier alpha value is -0.630. The van der Waals surface area contributed by atoms with Gasteiger partial charge in [-0.1, -0.05) is 6.42 Å². The van der Waals surface area contributed by atoms with Crippen LogP contribution in [0.2, 0.25) is 0 Å². The lowest BCUT2D eigenvalue weighted by Crippen LogP contribution is -2.44. The molecule has 1 aromatic rings. The van der Waals surface area contributed by atoms with E-state index in [4.69, 9.17) is 10.8 Å². The molecule has 7 heteroatoms. The lowest BCUT2D eigenvalue weighted by Gasteiger charge is -2.34. The maximum absolute atomic E-state index is 12.8. The first-order valence-corrected chi connectivity index (χ1v) is 8.88. The minimum Gasteiger partial charge on any atom is -0.399 e. The topological polar surface area (TPSA) is 83.6 Å². The summed E-state index contributed by atoms with van der Waals surface area (Å²) in [6.45, 7) is 0.503. The monoisotopic (exact) mass is 362 g/mol. The van der Waals surface area contributed by atoms with Crippen LogP contribution in [0.5, 0.6) is 0 Å². The molecular weight excluding hydrogens is 344 g/mol. The summed E-state index contributed by atoms with van der Waals surface area (Å²) in [4.78, 5) is 0.233. The van der Waals surface area contributed by atoms with Gasteiger partial charge in [0.05, 0.1) is 4.90 Å². The molecule has 0 aliphatic carbocycles. The number of benzene rings is 1. The first-order chi connectivity index (χ1) is 9.46. The number of nitrogen functional groups attached to an aromatic ring is 1. The molecule has 1 aromatic carbocycles. The molecule has 3 N–H and O–H groups in total. The quantitative estimate of drug-likeness (QED) is 0.801. The molecule has 1 fully saturated rings. The van der Waals surface area contributed by atoms with Crippen LogP contribution in [0.4, 0.5) is 5.69 Å². The fourth-order valence-corrected chi connectivity index (χ4v) is 5.36. The Labute approximate surface area is 128 Å². The second-order valence-electron chi connectivity index (χ2n) is 4.97. The number of rotatable bonds is 4. The van der Waals surface area contributed by atoms with Crippen LogP contribution in [-0.4, -0.2) is 37.0 Å². The van der Waals surface area contributed by atoms with Gasteiger partial charge in [0.1, 0.15) is 0 Å². The summed E-state index contributed by atoms with van der Waals surface area (Å²) in [6, 6.07) is 4.59. The standard InChI is InChI=1S/C13H19BrN2O3S/c14-12-9-10(15)4-5-13(12)20(18,19)16-7-2-1-3-11(16)6-8-17/h4-5,9,11,17H,1-3,6-8,15H2. The molecule has 2 rings (SSSR count). The Morgan fingerprint density at radius 3 is 2.80 bits per heavy atom. The molecule has 1 aliphatic rings. The van der Waals surface area contributed by atoms with Crippen LogP contribution < -0.4 is 5.73 Å². The van der Waals surface area contributed by atoms with Crippen LogP contribution in [0.1, 0.15) is 25.7 Å². The van der Waals surface area contributed by atoms with E-state index in [1.54, 1.807) is 12.1 Å². The van der Waals surface area contributed by atoms with Gasteiger partial charge in [0.15, 0.2) is 0 Å². The van der Waals surface area contributed by atoms with Crippen molar-refractivity contribution in [2.75, 3.05) is 18.9 Å². The van der Waals surface area contributed by atoms with E-state index in [0.717, 1.165) is 19.3 Å². The minimum atomic E-state index is -3.56. The number of aliphatic hydroxyl groups excluding tert-OH is 1. The fourth-order valence-electron chi connectivity index (χ4n) is 2.58. The van der Waals surface area contributed by atoms with Gasteiger partial charge in [-0.2, -0.15) is 4.31 Å². The highest BCUT2D eigenvalue weighted by molar-refractivity contribution is 9.10. The zero-order valence-electron chi connectivity index (χ0n) is 11.1. The van der Waals surface area contributed by atoms with Crippen LogP contribution in [0.25, 0.3) is 0 Å². The van der Waals surface area contributed by atoms with E-state index in [1.165, 1.54) is 10.4 Å². The van der Waals surface area contributed by atoms with Crippen molar-refractivity contribution in [1.82, 2.24) is 4.31 Å². The molecule has 112 valence electrons. The van der Waals surface area contributed by atoms with Crippen molar-refractivity contribution in [3.8, 4) is 0 Å². The van der Waals surface area contributed by atoms with Gasteiger partial charge in [-0.05, 0) is 53.4 Å². The van der Waals surface area contributed by atoms with E-state index in [-0.39, 0.29) is 17.5 Å². The second kappa shape index (κ2) is 6.43. The van der Waals surface area contributed by atoms with Crippen LogP contribution in [0.15, 0.2) is 27.6 Å². The molecule has 0 bridgehead atoms. The number of aliphatic hydroxyl groups is 1. The van der Waals surface area contributed by atoms with Crippen LogP contribution in [0.3, 0.4) is 0 Å². The number of hydrogen-bond donors (Lipinski definition) is 2. The van der Waals surface area contributed by atoms with Gasteiger partial charge in [-0.15, -0.1) is 0 Å². The van der Waals surface area contributed by atoms with E-state index >= 15 is 0 Å². The third-order valence-corrected chi connectivity index (χ3v) is 6.51. The van der Waals surface area contributed by atoms with Gasteiger partial charge in [0, 0.05) is 29.4 Å². The second-order valence-corrected chi connectivity index (χ2v) is 7.68. The molecule has 20 heavy (non-hydrogen) atoms. The Bertz CT molecular complexity index is 575. The van der Waals surface area contributed by atoms with Gasteiger partial charge < -0.3 is 10.8 Å². The molecule has 0 spiro atoms. The van der Waals surface area contributed by atoms with Crippen LogP contribution in [0, 0.1) is 0 Å². The summed E-state index contributed by atoms with van der Waals surface area (Å²) in [5, 5.41) is 9.12. The molecule has 1 unspecified atom stereocenters. The predicted octanol–water partition coefficient (Wildman–Crippen LogP) is 1.96. The van der Waals surface area contributed by atoms with Gasteiger partial charge in [-0.3, -0.25) is 0 Å². The van der Waals surface area contributed by atoms with E-state index in [1.807, 2.05) is 0 Å². The van der Waals surface area contributed by atoms with Crippen molar-refractivity contribution in [1.29, 1.82) is 0 Å². The summed E-state index contributed by atoms with van der Waals surface area (Å²) in [7, 11) is -3.56. The maximum Gasteiger partial charge on any atom is 0.244 e. The molecule has 0 radical (unpaired) electrons. The van der Waals surface area contributed by atoms with Crippen molar-refractivity contribution < 1.29 is 13.5 Å². The highest BCUT2D eigenvalue weighted by atomic mass is 79.9.